The Labute approximate surface area is 183 Å². The molecule has 1 aromatic carbocycles. The number of alkyl halides is 3. The van der Waals surface area contributed by atoms with E-state index in [1.807, 2.05) is 12.1 Å². The zero-order chi connectivity index (χ0) is 19.2. The molecule has 0 aliphatic carbocycles. The highest BCUT2D eigenvalue weighted by atomic mass is 127. The van der Waals surface area contributed by atoms with Crippen LogP contribution in [-0.4, -0.2) is 69.9 Å². The summed E-state index contributed by atoms with van der Waals surface area (Å²) in [5.41, 5.74) is 1.18. The molecule has 1 atom stereocenters. The molecule has 1 fully saturated rings. The van der Waals surface area contributed by atoms with Gasteiger partial charge in [-0.25, -0.2) is 0 Å². The second-order valence-electron chi connectivity index (χ2n) is 6.40. The van der Waals surface area contributed by atoms with Gasteiger partial charge < -0.3 is 15.5 Å². The molecule has 0 aromatic heterocycles. The van der Waals surface area contributed by atoms with Crippen LogP contribution in [0, 0.1) is 0 Å². The predicted molar refractivity (Wildman–Crippen MR) is 118 cm³/mol. The molecule has 0 amide bonds. The molecule has 1 heterocycles. The Morgan fingerprint density at radius 2 is 2.00 bits per heavy atom. The number of rotatable bonds is 6. The summed E-state index contributed by atoms with van der Waals surface area (Å²) in [6.07, 6.45) is -3.19. The van der Waals surface area contributed by atoms with Crippen LogP contribution in [0.2, 0.25) is 0 Å². The molecule has 10 heteroatoms. The quantitative estimate of drug-likeness (QED) is 0.317. The number of halogens is 5. The van der Waals surface area contributed by atoms with Crippen molar-refractivity contribution in [3.05, 3.63) is 28.7 Å². The van der Waals surface area contributed by atoms with Crippen molar-refractivity contribution in [1.29, 1.82) is 0 Å². The Kier molecular flexibility index (Phi) is 10.2. The molecule has 1 saturated heterocycles. The number of likely N-dealkylation sites (N-methyl/N-ethyl adjacent to an activating group) is 1. The van der Waals surface area contributed by atoms with Crippen LogP contribution in [0.5, 0.6) is 0 Å². The van der Waals surface area contributed by atoms with Gasteiger partial charge in [-0.15, -0.1) is 24.0 Å². The number of benzene rings is 1. The summed E-state index contributed by atoms with van der Waals surface area (Å²) in [7, 11) is 3.12. The van der Waals surface area contributed by atoms with E-state index in [1.54, 1.807) is 7.05 Å². The maximum absolute atomic E-state index is 12.3. The van der Waals surface area contributed by atoms with Crippen molar-refractivity contribution in [3.8, 4) is 0 Å². The molecule has 0 radical (unpaired) electrons. The van der Waals surface area contributed by atoms with E-state index in [0.29, 0.717) is 12.5 Å². The van der Waals surface area contributed by atoms with Crippen LogP contribution in [0.3, 0.4) is 0 Å². The van der Waals surface area contributed by atoms with Crippen LogP contribution in [-0.2, 0) is 0 Å². The molecule has 27 heavy (non-hydrogen) atoms. The van der Waals surface area contributed by atoms with Crippen LogP contribution in [0.25, 0.3) is 0 Å². The fraction of sp³-hybridized carbons (Fsp3) is 0.588. The third kappa shape index (κ3) is 8.86. The molecule has 5 nitrogen and oxygen atoms in total. The van der Waals surface area contributed by atoms with Gasteiger partial charge in [-0.3, -0.25) is 9.89 Å². The standard InChI is InChI=1S/C17H25BrF3N5.HI/c1-22-16(23-8-10-25(2)12-17(19,20)21)24-14-7-9-26(11-14)15-5-3-13(18)4-6-15;/h3-6,14H,7-12H2,1-2H3,(H2,22,23,24);1H. The molecule has 1 unspecified atom stereocenters. The molecule has 0 saturated carbocycles. The van der Waals surface area contributed by atoms with Crippen molar-refractivity contribution in [1.82, 2.24) is 15.5 Å². The van der Waals surface area contributed by atoms with Crippen molar-refractivity contribution in [2.75, 3.05) is 51.7 Å². The predicted octanol–water partition coefficient (Wildman–Crippen LogP) is 3.30. The van der Waals surface area contributed by atoms with Crippen molar-refractivity contribution >= 4 is 51.6 Å². The Bertz CT molecular complexity index is 597. The summed E-state index contributed by atoms with van der Waals surface area (Å²) < 4.78 is 38.0. The Balaban J connectivity index is 0.00000364. The summed E-state index contributed by atoms with van der Waals surface area (Å²) in [6.45, 7) is 1.58. The van der Waals surface area contributed by atoms with Crippen LogP contribution >= 0.6 is 39.9 Å². The van der Waals surface area contributed by atoms with Crippen molar-refractivity contribution in [2.24, 2.45) is 4.99 Å². The van der Waals surface area contributed by atoms with Gasteiger partial charge in [0.15, 0.2) is 5.96 Å². The first-order valence-corrected chi connectivity index (χ1v) is 9.29. The fourth-order valence-electron chi connectivity index (χ4n) is 2.90. The summed E-state index contributed by atoms with van der Waals surface area (Å²) in [6, 6.07) is 8.45. The minimum atomic E-state index is -4.17. The van der Waals surface area contributed by atoms with Gasteiger partial charge in [0, 0.05) is 49.4 Å². The summed E-state index contributed by atoms with van der Waals surface area (Å²) in [4.78, 5) is 7.70. The highest BCUT2D eigenvalue weighted by molar-refractivity contribution is 14.0. The van der Waals surface area contributed by atoms with E-state index in [2.05, 4.69) is 48.6 Å². The lowest BCUT2D eigenvalue weighted by Gasteiger charge is -2.22. The SMILES string of the molecule is CN=C(NCCN(C)CC(F)(F)F)NC1CCN(c2ccc(Br)cc2)C1.I. The summed E-state index contributed by atoms with van der Waals surface area (Å²) in [5.74, 6) is 0.619. The third-order valence-electron chi connectivity index (χ3n) is 4.18. The van der Waals surface area contributed by atoms with E-state index >= 15 is 0 Å². The average Bonchev–Trinajstić information content (AvgIpc) is 3.01. The van der Waals surface area contributed by atoms with Gasteiger partial charge in [0.1, 0.15) is 0 Å². The molecule has 154 valence electrons. The Hall–Kier alpha value is -0.750. The van der Waals surface area contributed by atoms with Gasteiger partial charge >= 0.3 is 6.18 Å². The molecule has 2 N–H and O–H groups in total. The minimum Gasteiger partial charge on any atom is -0.369 e. The van der Waals surface area contributed by atoms with Crippen LogP contribution in [0.15, 0.2) is 33.7 Å². The minimum absolute atomic E-state index is 0. The number of guanidine groups is 1. The smallest absolute Gasteiger partial charge is 0.369 e. The monoisotopic (exact) mass is 563 g/mol. The van der Waals surface area contributed by atoms with E-state index in [-0.39, 0.29) is 36.6 Å². The molecule has 1 aromatic rings. The van der Waals surface area contributed by atoms with Gasteiger partial charge in [0.25, 0.3) is 0 Å². The zero-order valence-electron chi connectivity index (χ0n) is 15.4. The molecule has 1 aliphatic heterocycles. The molecular weight excluding hydrogens is 538 g/mol. The first kappa shape index (κ1) is 24.3. The first-order chi connectivity index (χ1) is 12.3. The highest BCUT2D eigenvalue weighted by Crippen LogP contribution is 2.22. The fourth-order valence-corrected chi connectivity index (χ4v) is 3.17. The summed E-state index contributed by atoms with van der Waals surface area (Å²) >= 11 is 3.44. The Morgan fingerprint density at radius 1 is 1.33 bits per heavy atom. The van der Waals surface area contributed by atoms with Gasteiger partial charge in [-0.05, 0) is 37.7 Å². The normalized spacial score (nSPS) is 17.8. The third-order valence-corrected chi connectivity index (χ3v) is 4.71. The second-order valence-corrected chi connectivity index (χ2v) is 7.32. The second kappa shape index (κ2) is 11.3. The molecule has 0 spiro atoms. The van der Waals surface area contributed by atoms with Crippen molar-refractivity contribution < 1.29 is 13.2 Å². The van der Waals surface area contributed by atoms with Gasteiger partial charge in [-0.2, -0.15) is 13.2 Å². The van der Waals surface area contributed by atoms with Crippen LogP contribution in [0.4, 0.5) is 18.9 Å². The lowest BCUT2D eigenvalue weighted by molar-refractivity contribution is -0.142. The number of nitrogens with one attached hydrogen (secondary N) is 2. The largest absolute Gasteiger partial charge is 0.401 e. The number of aliphatic imine (C=N–C) groups is 1. The number of hydrogen-bond donors (Lipinski definition) is 2. The van der Waals surface area contributed by atoms with Crippen molar-refractivity contribution in [2.45, 2.75) is 18.6 Å². The molecule has 1 aliphatic rings. The van der Waals surface area contributed by atoms with E-state index in [4.69, 9.17) is 0 Å². The zero-order valence-corrected chi connectivity index (χ0v) is 19.3. The molecule has 2 rings (SSSR count). The van der Waals surface area contributed by atoms with Gasteiger partial charge in [0.2, 0.25) is 0 Å². The van der Waals surface area contributed by atoms with E-state index in [9.17, 15) is 13.2 Å². The maximum Gasteiger partial charge on any atom is 0.401 e. The van der Waals surface area contributed by atoms with Gasteiger partial charge in [-0.1, -0.05) is 15.9 Å². The number of hydrogen-bond acceptors (Lipinski definition) is 3. The van der Waals surface area contributed by atoms with Crippen LogP contribution < -0.4 is 15.5 Å². The number of nitrogens with zero attached hydrogens (tertiary/aromatic N) is 3. The summed E-state index contributed by atoms with van der Waals surface area (Å²) in [5, 5.41) is 6.43. The first-order valence-electron chi connectivity index (χ1n) is 8.50. The van der Waals surface area contributed by atoms with E-state index < -0.39 is 12.7 Å². The highest BCUT2D eigenvalue weighted by Gasteiger charge is 2.29. The lowest BCUT2D eigenvalue weighted by Crippen LogP contribution is -2.46. The molecule has 0 bridgehead atoms. The van der Waals surface area contributed by atoms with E-state index in [1.165, 1.54) is 17.6 Å². The Morgan fingerprint density at radius 3 is 2.59 bits per heavy atom. The van der Waals surface area contributed by atoms with Crippen LogP contribution in [0.1, 0.15) is 6.42 Å². The van der Waals surface area contributed by atoms with Gasteiger partial charge in [0.05, 0.1) is 6.54 Å². The average molecular weight is 564 g/mol. The van der Waals surface area contributed by atoms with Crippen molar-refractivity contribution in [3.63, 3.8) is 0 Å². The lowest BCUT2D eigenvalue weighted by atomic mass is 10.3. The topological polar surface area (TPSA) is 42.9 Å². The van der Waals surface area contributed by atoms with E-state index in [0.717, 1.165) is 24.0 Å². The molecular formula is C17H26BrF3IN5. The number of anilines is 1. The maximum atomic E-state index is 12.3.